The van der Waals surface area contributed by atoms with Crippen LogP contribution in [0.4, 0.5) is 0 Å². The first-order chi connectivity index (χ1) is 26.1. The first kappa shape index (κ1) is 49.9. The molecule has 0 saturated carbocycles. The Kier molecular flexibility index (Phi) is 22.1. The minimum atomic E-state index is -0.125. The number of nitrogens with zero attached hydrogens (tertiary/aromatic N) is 2. The van der Waals surface area contributed by atoms with Crippen molar-refractivity contribution in [1.82, 2.24) is 9.97 Å². The van der Waals surface area contributed by atoms with E-state index in [1.54, 1.807) is 0 Å². The molecule has 0 aliphatic carbocycles. The summed E-state index contributed by atoms with van der Waals surface area (Å²) in [7, 11) is 0. The van der Waals surface area contributed by atoms with Crippen molar-refractivity contribution in [1.29, 1.82) is 0 Å². The van der Waals surface area contributed by atoms with Gasteiger partial charge in [0.25, 0.3) is 0 Å². The number of carbonyl (C=O) groups is 2. The minimum absolute atomic E-state index is 0. The monoisotopic (exact) mass is 1120 g/mol. The third-order valence-electron chi connectivity index (χ3n) is 7.75. The molecule has 0 fully saturated rings. The zero-order valence-corrected chi connectivity index (χ0v) is 38.7. The van der Waals surface area contributed by atoms with Gasteiger partial charge >= 0.3 is 0 Å². The van der Waals surface area contributed by atoms with Gasteiger partial charge in [0.05, 0.1) is 11.5 Å². The molecule has 0 bridgehead atoms. The minimum Gasteiger partial charge on any atom is -0.512 e. The normalized spacial score (nSPS) is 10.4. The predicted octanol–water partition coefficient (Wildman–Crippen LogP) is 12.0. The summed E-state index contributed by atoms with van der Waals surface area (Å²) in [5.74, 6) is -0.125. The number of ketones is 2. The van der Waals surface area contributed by atoms with E-state index in [1.165, 1.54) is 89.9 Å². The molecular weight excluding hydrogens is 1060 g/mol. The number of aromatic nitrogens is 2. The van der Waals surface area contributed by atoms with Gasteiger partial charge in [0.1, 0.15) is 0 Å². The Morgan fingerprint density at radius 2 is 0.982 bits per heavy atom. The van der Waals surface area contributed by atoms with E-state index in [-0.39, 0.29) is 63.3 Å². The van der Waals surface area contributed by atoms with Crippen LogP contribution in [-0.2, 0) is 49.8 Å². The molecule has 57 heavy (non-hydrogen) atoms. The number of aryl methyl sites for hydroxylation is 5. The van der Waals surface area contributed by atoms with Crippen molar-refractivity contribution in [3.63, 3.8) is 0 Å². The quantitative estimate of drug-likeness (QED) is 0.0979. The van der Waals surface area contributed by atoms with Crippen LogP contribution in [0.1, 0.15) is 55.5 Å². The zero-order valence-electron chi connectivity index (χ0n) is 33.9. The summed E-state index contributed by atoms with van der Waals surface area (Å²) in [6, 6.07) is 41.9. The fourth-order valence-electron chi connectivity index (χ4n) is 5.73. The van der Waals surface area contributed by atoms with Gasteiger partial charge in [-0.1, -0.05) is 70.8 Å². The Hall–Kier alpha value is -5.10. The first-order valence-corrected chi connectivity index (χ1v) is 17.9. The largest absolute Gasteiger partial charge is 0.512 e. The van der Waals surface area contributed by atoms with Crippen molar-refractivity contribution in [2.45, 2.75) is 62.3 Å². The SMILES string of the molecule is CC(=O)C=C(C)O.CC(=O)C=C(C)O.Cc1cc(C)cc(-c2ccnc(-c3[c-]cccc3)c2)c1.Cc1cc(C)cc(-c2cnc(-c3[c-]cccc3)cc2C)c1.[Ir].[Ir]. The average Bonchev–Trinajstić information content (AvgIpc) is 3.11. The Balaban J connectivity index is 0.000000420. The maximum absolute atomic E-state index is 10.0. The molecule has 6 aromatic rings. The van der Waals surface area contributed by atoms with Crippen LogP contribution in [0, 0.1) is 46.8 Å². The van der Waals surface area contributed by atoms with Gasteiger partial charge in [-0.15, -0.1) is 71.8 Å². The van der Waals surface area contributed by atoms with Crippen LogP contribution < -0.4 is 0 Å². The van der Waals surface area contributed by atoms with Gasteiger partial charge in [-0.2, -0.15) is 0 Å². The molecule has 2 radical (unpaired) electrons. The summed E-state index contributed by atoms with van der Waals surface area (Å²) in [6.45, 7) is 16.4. The molecular formula is C49H50Ir2N2O4-2. The molecule has 2 N–H and O–H groups in total. The van der Waals surface area contributed by atoms with E-state index < -0.39 is 0 Å². The van der Waals surface area contributed by atoms with Gasteiger partial charge in [-0.3, -0.25) is 9.59 Å². The number of aliphatic hydroxyl groups is 2. The molecule has 2 aromatic heterocycles. The number of benzene rings is 4. The smallest absolute Gasteiger partial charge is 0.155 e. The van der Waals surface area contributed by atoms with Crippen LogP contribution in [0.3, 0.4) is 0 Å². The summed E-state index contributed by atoms with van der Waals surface area (Å²) < 4.78 is 0. The Morgan fingerprint density at radius 1 is 0.544 bits per heavy atom. The Morgan fingerprint density at radius 3 is 1.35 bits per heavy atom. The maximum atomic E-state index is 10.0. The van der Waals surface area contributed by atoms with E-state index in [0.29, 0.717) is 0 Å². The maximum Gasteiger partial charge on any atom is 0.155 e. The third-order valence-corrected chi connectivity index (χ3v) is 7.75. The van der Waals surface area contributed by atoms with E-state index in [9.17, 15) is 9.59 Å². The van der Waals surface area contributed by atoms with Crippen LogP contribution in [0.2, 0.25) is 0 Å². The average molecular weight is 1120 g/mol. The molecule has 0 spiro atoms. The fourth-order valence-corrected chi connectivity index (χ4v) is 5.73. The van der Waals surface area contributed by atoms with Crippen molar-refractivity contribution in [3.05, 3.63) is 179 Å². The second-order valence-corrected chi connectivity index (χ2v) is 13.4. The topological polar surface area (TPSA) is 100 Å². The summed E-state index contributed by atoms with van der Waals surface area (Å²) in [5.41, 5.74) is 15.2. The molecule has 0 amide bonds. The van der Waals surface area contributed by atoms with Gasteiger partial charge < -0.3 is 20.2 Å². The fraction of sp³-hybridized carbons (Fsp3) is 0.184. The molecule has 0 saturated heterocycles. The van der Waals surface area contributed by atoms with E-state index in [1.807, 2.05) is 60.9 Å². The van der Waals surface area contributed by atoms with Gasteiger partial charge in [-0.25, -0.2) is 0 Å². The summed E-state index contributed by atoms with van der Waals surface area (Å²) in [6.07, 6.45) is 6.17. The summed E-state index contributed by atoms with van der Waals surface area (Å²) in [5, 5.41) is 16.7. The molecule has 8 heteroatoms. The third kappa shape index (κ3) is 18.1. The Bertz CT molecular complexity index is 2190. The molecule has 0 unspecified atom stereocenters. The van der Waals surface area contributed by atoms with E-state index >= 15 is 0 Å². The number of allylic oxidation sites excluding steroid dienone is 4. The number of carbonyl (C=O) groups excluding carboxylic acids is 2. The van der Waals surface area contributed by atoms with Crippen molar-refractivity contribution in [2.75, 3.05) is 0 Å². The van der Waals surface area contributed by atoms with Crippen molar-refractivity contribution >= 4 is 11.6 Å². The molecule has 6 nitrogen and oxygen atoms in total. The molecule has 4 aromatic carbocycles. The zero-order chi connectivity index (χ0) is 40.5. The van der Waals surface area contributed by atoms with Gasteiger partial charge in [0.2, 0.25) is 0 Å². The summed E-state index contributed by atoms with van der Waals surface area (Å²) >= 11 is 0. The van der Waals surface area contributed by atoms with E-state index in [2.05, 4.69) is 111 Å². The number of rotatable bonds is 6. The molecule has 0 atom stereocenters. The molecule has 2 heterocycles. The van der Waals surface area contributed by atoms with Crippen LogP contribution in [0.5, 0.6) is 0 Å². The second-order valence-electron chi connectivity index (χ2n) is 13.4. The van der Waals surface area contributed by atoms with Gasteiger partial charge in [0.15, 0.2) is 11.6 Å². The number of aliphatic hydroxyl groups excluding tert-OH is 2. The molecule has 6 rings (SSSR count). The van der Waals surface area contributed by atoms with E-state index in [4.69, 9.17) is 10.2 Å². The van der Waals surface area contributed by atoms with Crippen molar-refractivity contribution < 1.29 is 60.0 Å². The van der Waals surface area contributed by atoms with Crippen LogP contribution in [0.25, 0.3) is 44.8 Å². The van der Waals surface area contributed by atoms with Gasteiger partial charge in [-0.05, 0) is 102 Å². The molecule has 0 aliphatic rings. The van der Waals surface area contributed by atoms with Crippen LogP contribution in [0.15, 0.2) is 139 Å². The number of hydrogen-bond donors (Lipinski definition) is 2. The van der Waals surface area contributed by atoms with Crippen molar-refractivity contribution in [3.8, 4) is 44.8 Å². The first-order valence-electron chi connectivity index (χ1n) is 17.9. The Labute approximate surface area is 365 Å². The number of hydrogen-bond acceptors (Lipinski definition) is 6. The predicted molar refractivity (Wildman–Crippen MR) is 226 cm³/mol. The standard InChI is InChI=1S/C20H18N.C19H16N.2C5H8O2.2Ir/c1-14-9-15(2)11-18(10-14)19-13-21-20(12-16(19)3)17-7-5-4-6-8-17;1-14-10-15(2)12-18(11-14)17-8-9-20-19(13-17)16-6-4-3-5-7-16;2*1-4(6)3-5(2)7;;/h4-7,9-13H,1-3H3;3-6,8-13H,1-2H3;2*3,6H,1-2H3;;/q2*-1;;;;. The summed E-state index contributed by atoms with van der Waals surface area (Å²) in [4.78, 5) is 29.1. The van der Waals surface area contributed by atoms with Crippen LogP contribution >= 0.6 is 0 Å². The van der Waals surface area contributed by atoms with Crippen LogP contribution in [-0.4, -0.2) is 31.7 Å². The van der Waals surface area contributed by atoms with Crippen molar-refractivity contribution in [2.24, 2.45) is 0 Å². The number of pyridine rings is 2. The van der Waals surface area contributed by atoms with Gasteiger partial charge in [0, 0.05) is 70.3 Å². The van der Waals surface area contributed by atoms with E-state index in [0.717, 1.165) is 22.5 Å². The molecule has 0 aliphatic heterocycles. The molecule has 300 valence electrons. The second kappa shape index (κ2) is 25.2.